The molecule has 0 aliphatic heterocycles. The van der Waals surface area contributed by atoms with Crippen LogP contribution in [0.25, 0.3) is 0 Å². The number of anilines is 1. The van der Waals surface area contributed by atoms with E-state index in [1.54, 1.807) is 24.3 Å². The molecule has 0 heterocycles. The van der Waals surface area contributed by atoms with Crippen molar-refractivity contribution in [3.63, 3.8) is 0 Å². The average Bonchev–Trinajstić information content (AvgIpc) is 2.38. The Bertz CT molecular complexity index is 686. The number of halogens is 2. The summed E-state index contributed by atoms with van der Waals surface area (Å²) in [6, 6.07) is 10.8. The minimum absolute atomic E-state index is 0.0568. The fourth-order valence-electron chi connectivity index (χ4n) is 1.67. The number of nitrogens with one attached hydrogen (secondary N) is 1. The van der Waals surface area contributed by atoms with E-state index in [9.17, 15) is 9.59 Å². The lowest BCUT2D eigenvalue weighted by Gasteiger charge is -2.09. The van der Waals surface area contributed by atoms with Crippen molar-refractivity contribution in [1.82, 2.24) is 0 Å². The first kappa shape index (κ1) is 14.4. The van der Waals surface area contributed by atoms with Crippen LogP contribution in [-0.4, -0.2) is 17.0 Å². The Labute approximate surface area is 124 Å². The minimum Gasteiger partial charge on any atom is -0.478 e. The molecule has 0 unspecified atom stereocenters. The van der Waals surface area contributed by atoms with E-state index in [0.29, 0.717) is 10.6 Å². The van der Waals surface area contributed by atoms with Crippen LogP contribution in [0.2, 0.25) is 10.0 Å². The highest BCUT2D eigenvalue weighted by Crippen LogP contribution is 2.25. The van der Waals surface area contributed by atoms with Crippen molar-refractivity contribution in [3.8, 4) is 0 Å². The summed E-state index contributed by atoms with van der Waals surface area (Å²) in [5.41, 5.74) is 0.313. The Morgan fingerprint density at radius 2 is 1.75 bits per heavy atom. The van der Waals surface area contributed by atoms with Gasteiger partial charge in [-0.05, 0) is 30.3 Å². The van der Waals surface area contributed by atoms with E-state index < -0.39 is 11.9 Å². The Kier molecular flexibility index (Phi) is 4.27. The van der Waals surface area contributed by atoms with Gasteiger partial charge in [0.15, 0.2) is 0 Å². The molecule has 6 heteroatoms. The molecule has 4 nitrogen and oxygen atoms in total. The molecular weight excluding hydrogens is 301 g/mol. The van der Waals surface area contributed by atoms with Gasteiger partial charge in [0.2, 0.25) is 0 Å². The third-order valence-corrected chi connectivity index (χ3v) is 3.11. The number of carboxylic acid groups (broad SMARTS) is 1. The first-order chi connectivity index (χ1) is 9.49. The monoisotopic (exact) mass is 309 g/mol. The van der Waals surface area contributed by atoms with E-state index in [0.717, 1.165) is 0 Å². The van der Waals surface area contributed by atoms with E-state index in [1.807, 2.05) is 0 Å². The van der Waals surface area contributed by atoms with E-state index in [2.05, 4.69) is 5.32 Å². The van der Waals surface area contributed by atoms with Gasteiger partial charge in [0, 0.05) is 10.6 Å². The molecule has 0 radical (unpaired) electrons. The summed E-state index contributed by atoms with van der Waals surface area (Å²) in [6.45, 7) is 0. The van der Waals surface area contributed by atoms with Crippen molar-refractivity contribution in [2.24, 2.45) is 0 Å². The summed E-state index contributed by atoms with van der Waals surface area (Å²) in [5, 5.41) is 12.1. The number of aromatic carboxylic acids is 1. The van der Waals surface area contributed by atoms with Gasteiger partial charge in [-0.15, -0.1) is 0 Å². The lowest BCUT2D eigenvalue weighted by molar-refractivity contribution is 0.0698. The standard InChI is InChI=1S/C14H9Cl2NO3/c15-9-4-1-3-8(7-9)13(18)17-11-6-2-5-10(16)12(11)14(19)20/h1-7H,(H,17,18)(H,19,20). The van der Waals surface area contributed by atoms with Gasteiger partial charge in [-0.2, -0.15) is 0 Å². The lowest BCUT2D eigenvalue weighted by Crippen LogP contribution is -2.15. The van der Waals surface area contributed by atoms with Gasteiger partial charge in [-0.1, -0.05) is 35.3 Å². The summed E-state index contributed by atoms with van der Waals surface area (Å²) in [5.74, 6) is -1.67. The first-order valence-corrected chi connectivity index (χ1v) is 6.33. The number of hydrogen-bond acceptors (Lipinski definition) is 2. The zero-order valence-electron chi connectivity index (χ0n) is 10.1. The quantitative estimate of drug-likeness (QED) is 0.902. The molecule has 2 aromatic rings. The van der Waals surface area contributed by atoms with Crippen LogP contribution < -0.4 is 5.32 Å². The Morgan fingerprint density at radius 1 is 1.05 bits per heavy atom. The predicted molar refractivity (Wildman–Crippen MR) is 77.8 cm³/mol. The second-order valence-corrected chi connectivity index (χ2v) is 4.78. The number of carbonyl (C=O) groups excluding carboxylic acids is 1. The molecule has 2 N–H and O–H groups in total. The van der Waals surface area contributed by atoms with Crippen molar-refractivity contribution in [1.29, 1.82) is 0 Å². The van der Waals surface area contributed by atoms with Gasteiger partial charge in [-0.25, -0.2) is 4.79 Å². The SMILES string of the molecule is O=C(Nc1cccc(Cl)c1C(=O)O)c1cccc(Cl)c1. The molecule has 0 atom stereocenters. The molecule has 0 spiro atoms. The summed E-state index contributed by atoms with van der Waals surface area (Å²) < 4.78 is 0. The zero-order chi connectivity index (χ0) is 14.7. The second-order valence-electron chi connectivity index (χ2n) is 3.93. The fraction of sp³-hybridized carbons (Fsp3) is 0. The molecule has 0 saturated heterocycles. The molecule has 0 aromatic heterocycles. The maximum Gasteiger partial charge on any atom is 0.339 e. The van der Waals surface area contributed by atoms with Gasteiger partial charge in [-0.3, -0.25) is 4.79 Å². The zero-order valence-corrected chi connectivity index (χ0v) is 11.6. The van der Waals surface area contributed by atoms with Crippen molar-refractivity contribution >= 4 is 40.8 Å². The van der Waals surface area contributed by atoms with E-state index in [-0.39, 0.29) is 16.3 Å². The maximum absolute atomic E-state index is 12.0. The van der Waals surface area contributed by atoms with Crippen LogP contribution in [0.3, 0.4) is 0 Å². The Hall–Kier alpha value is -2.04. The third-order valence-electron chi connectivity index (χ3n) is 2.56. The summed E-state index contributed by atoms with van der Waals surface area (Å²) in [7, 11) is 0. The van der Waals surface area contributed by atoms with Crippen LogP contribution in [0.4, 0.5) is 5.69 Å². The van der Waals surface area contributed by atoms with Crippen molar-refractivity contribution in [2.45, 2.75) is 0 Å². The highest BCUT2D eigenvalue weighted by atomic mass is 35.5. The molecule has 102 valence electrons. The van der Waals surface area contributed by atoms with E-state index in [4.69, 9.17) is 28.3 Å². The fourth-order valence-corrected chi connectivity index (χ4v) is 2.12. The van der Waals surface area contributed by atoms with Gasteiger partial charge in [0.25, 0.3) is 5.91 Å². The van der Waals surface area contributed by atoms with Crippen molar-refractivity contribution < 1.29 is 14.7 Å². The molecule has 0 saturated carbocycles. The van der Waals surface area contributed by atoms with Gasteiger partial charge >= 0.3 is 5.97 Å². The highest BCUT2D eigenvalue weighted by Gasteiger charge is 2.16. The van der Waals surface area contributed by atoms with Crippen molar-refractivity contribution in [3.05, 3.63) is 63.6 Å². The predicted octanol–water partition coefficient (Wildman–Crippen LogP) is 3.94. The molecule has 20 heavy (non-hydrogen) atoms. The number of benzene rings is 2. The molecule has 0 fully saturated rings. The molecule has 2 aromatic carbocycles. The molecule has 0 aliphatic carbocycles. The normalized spacial score (nSPS) is 10.1. The number of rotatable bonds is 3. The van der Waals surface area contributed by atoms with Gasteiger partial charge in [0.1, 0.15) is 5.56 Å². The number of carboxylic acids is 1. The van der Waals surface area contributed by atoms with Crippen LogP contribution >= 0.6 is 23.2 Å². The number of amides is 1. The molecule has 1 amide bonds. The molecule has 0 bridgehead atoms. The van der Waals surface area contributed by atoms with Crippen LogP contribution in [0.5, 0.6) is 0 Å². The smallest absolute Gasteiger partial charge is 0.339 e. The maximum atomic E-state index is 12.0. The number of carbonyl (C=O) groups is 2. The van der Waals surface area contributed by atoms with E-state index >= 15 is 0 Å². The Morgan fingerprint density at radius 3 is 2.40 bits per heavy atom. The minimum atomic E-state index is -1.21. The summed E-state index contributed by atoms with van der Waals surface area (Å²) >= 11 is 11.6. The van der Waals surface area contributed by atoms with Gasteiger partial charge in [0.05, 0.1) is 10.7 Å². The largest absolute Gasteiger partial charge is 0.478 e. The first-order valence-electron chi connectivity index (χ1n) is 5.58. The highest BCUT2D eigenvalue weighted by molar-refractivity contribution is 6.34. The molecule has 2 rings (SSSR count). The topological polar surface area (TPSA) is 66.4 Å². The molecule has 0 aliphatic rings. The van der Waals surface area contributed by atoms with Crippen LogP contribution in [-0.2, 0) is 0 Å². The van der Waals surface area contributed by atoms with Crippen LogP contribution in [0.1, 0.15) is 20.7 Å². The van der Waals surface area contributed by atoms with Crippen molar-refractivity contribution in [2.75, 3.05) is 5.32 Å². The van der Waals surface area contributed by atoms with Crippen LogP contribution in [0, 0.1) is 0 Å². The summed E-state index contributed by atoms with van der Waals surface area (Å²) in [4.78, 5) is 23.2. The Balaban J connectivity index is 2.33. The lowest BCUT2D eigenvalue weighted by atomic mass is 10.1. The molecular formula is C14H9Cl2NO3. The second kappa shape index (κ2) is 5.94. The third kappa shape index (κ3) is 3.10. The van der Waals surface area contributed by atoms with Gasteiger partial charge < -0.3 is 10.4 Å². The van der Waals surface area contributed by atoms with E-state index in [1.165, 1.54) is 18.2 Å². The summed E-state index contributed by atoms with van der Waals surface area (Å²) in [6.07, 6.45) is 0. The number of hydrogen-bond donors (Lipinski definition) is 2. The average molecular weight is 310 g/mol. The van der Waals surface area contributed by atoms with Crippen LogP contribution in [0.15, 0.2) is 42.5 Å².